The number of piperidine rings is 1. The molecule has 0 saturated carbocycles. The highest BCUT2D eigenvalue weighted by Gasteiger charge is 2.20. The third kappa shape index (κ3) is 5.88. The fourth-order valence-corrected chi connectivity index (χ4v) is 3.01. The molecule has 1 amide bonds. The monoisotopic (exact) mass is 389 g/mol. The van der Waals surface area contributed by atoms with E-state index in [1.165, 1.54) is 12.8 Å². The van der Waals surface area contributed by atoms with Crippen molar-refractivity contribution in [2.75, 3.05) is 38.5 Å². The lowest BCUT2D eigenvalue weighted by atomic mass is 9.97. The fourth-order valence-electron chi connectivity index (χ4n) is 2.76. The number of hydrogen-bond donors (Lipinski definition) is 2. The molecular weight excluding hydrogens is 366 g/mol. The first-order valence-electron chi connectivity index (χ1n) is 7.51. The zero-order chi connectivity index (χ0) is 15.2. The average Bonchev–Trinajstić information content (AvgIpc) is 2.45. The van der Waals surface area contributed by atoms with Gasteiger partial charge in [-0.2, -0.15) is 0 Å². The predicted octanol–water partition coefficient (Wildman–Crippen LogP) is 3.05. The summed E-state index contributed by atoms with van der Waals surface area (Å²) in [5.74, 6) is 0.826. The minimum absolute atomic E-state index is 0. The molecule has 1 aliphatic heterocycles. The molecule has 2 rings (SSSR count). The molecular formula is C16H25BrClN3O. The summed E-state index contributed by atoms with van der Waals surface area (Å²) in [4.78, 5) is 14.4. The van der Waals surface area contributed by atoms with E-state index in [-0.39, 0.29) is 18.3 Å². The van der Waals surface area contributed by atoms with Crippen LogP contribution < -0.4 is 10.6 Å². The lowest BCUT2D eigenvalue weighted by Crippen LogP contribution is -2.40. The van der Waals surface area contributed by atoms with Crippen LogP contribution in [-0.2, 0) is 4.79 Å². The van der Waals surface area contributed by atoms with Crippen molar-refractivity contribution in [3.8, 4) is 0 Å². The molecule has 0 spiro atoms. The number of carbonyl (C=O) groups is 1. The molecule has 0 aromatic heterocycles. The Morgan fingerprint density at radius 3 is 2.64 bits per heavy atom. The molecule has 0 aliphatic carbocycles. The number of carbonyl (C=O) groups excluding carboxylic acids is 1. The summed E-state index contributed by atoms with van der Waals surface area (Å²) >= 11 is 3.47. The van der Waals surface area contributed by atoms with Gasteiger partial charge in [0.1, 0.15) is 0 Å². The molecule has 1 fully saturated rings. The van der Waals surface area contributed by atoms with Gasteiger partial charge in [-0.15, -0.1) is 12.4 Å². The molecule has 1 saturated heterocycles. The first-order valence-corrected chi connectivity index (χ1v) is 8.30. The van der Waals surface area contributed by atoms with Crippen LogP contribution in [0, 0.1) is 12.8 Å². The van der Waals surface area contributed by atoms with Crippen molar-refractivity contribution < 1.29 is 4.79 Å². The van der Waals surface area contributed by atoms with Crippen molar-refractivity contribution in [2.45, 2.75) is 19.8 Å². The molecule has 1 aromatic carbocycles. The van der Waals surface area contributed by atoms with E-state index in [2.05, 4.69) is 31.5 Å². The van der Waals surface area contributed by atoms with Crippen LogP contribution in [0.5, 0.6) is 0 Å². The maximum atomic E-state index is 12.1. The Bertz CT molecular complexity index is 490. The molecule has 0 radical (unpaired) electrons. The topological polar surface area (TPSA) is 44.4 Å². The van der Waals surface area contributed by atoms with Gasteiger partial charge in [-0.25, -0.2) is 0 Å². The number of likely N-dealkylation sites (tertiary alicyclic amines) is 1. The number of rotatable bonds is 5. The lowest BCUT2D eigenvalue weighted by Gasteiger charge is -2.31. The Kier molecular flexibility index (Phi) is 8.39. The van der Waals surface area contributed by atoms with Crippen molar-refractivity contribution in [1.29, 1.82) is 0 Å². The summed E-state index contributed by atoms with van der Waals surface area (Å²) in [6.45, 7) is 5.62. The smallest absolute Gasteiger partial charge is 0.238 e. The van der Waals surface area contributed by atoms with E-state index < -0.39 is 0 Å². The summed E-state index contributed by atoms with van der Waals surface area (Å²) in [6, 6.07) is 5.88. The highest BCUT2D eigenvalue weighted by Crippen LogP contribution is 2.20. The molecule has 1 heterocycles. The summed E-state index contributed by atoms with van der Waals surface area (Å²) in [5, 5.41) is 6.21. The zero-order valence-corrected chi connectivity index (χ0v) is 15.6. The number of benzene rings is 1. The van der Waals surface area contributed by atoms with E-state index in [4.69, 9.17) is 0 Å². The Morgan fingerprint density at radius 1 is 1.36 bits per heavy atom. The predicted molar refractivity (Wildman–Crippen MR) is 97.8 cm³/mol. The molecule has 0 atom stereocenters. The summed E-state index contributed by atoms with van der Waals surface area (Å²) in [6.07, 6.45) is 2.34. The molecule has 6 heteroatoms. The van der Waals surface area contributed by atoms with Crippen molar-refractivity contribution in [2.24, 2.45) is 5.92 Å². The Labute approximate surface area is 147 Å². The van der Waals surface area contributed by atoms with Crippen molar-refractivity contribution in [3.63, 3.8) is 0 Å². The second-order valence-electron chi connectivity index (χ2n) is 5.79. The van der Waals surface area contributed by atoms with Gasteiger partial charge in [0, 0.05) is 10.2 Å². The molecule has 2 N–H and O–H groups in total. The normalized spacial score (nSPS) is 16.1. The summed E-state index contributed by atoms with van der Waals surface area (Å²) in [7, 11) is 2.00. The van der Waals surface area contributed by atoms with Gasteiger partial charge in [0.25, 0.3) is 0 Å². The van der Waals surface area contributed by atoms with Crippen LogP contribution in [0.1, 0.15) is 18.4 Å². The molecule has 0 bridgehead atoms. The number of amides is 1. The summed E-state index contributed by atoms with van der Waals surface area (Å²) < 4.78 is 1.06. The van der Waals surface area contributed by atoms with Gasteiger partial charge in [0.2, 0.25) is 5.91 Å². The van der Waals surface area contributed by atoms with Gasteiger partial charge >= 0.3 is 0 Å². The van der Waals surface area contributed by atoms with Crippen LogP contribution in [0.15, 0.2) is 22.7 Å². The third-order valence-electron chi connectivity index (χ3n) is 4.01. The van der Waals surface area contributed by atoms with Gasteiger partial charge < -0.3 is 10.6 Å². The molecule has 124 valence electrons. The lowest BCUT2D eigenvalue weighted by molar-refractivity contribution is -0.117. The fraction of sp³-hybridized carbons (Fsp3) is 0.562. The SMILES string of the molecule is CNCC1CCN(CC(=O)Nc2ccc(Br)c(C)c2)CC1.Cl. The van der Waals surface area contributed by atoms with Crippen LogP contribution in [0.4, 0.5) is 5.69 Å². The molecule has 0 unspecified atom stereocenters. The maximum absolute atomic E-state index is 12.1. The van der Waals surface area contributed by atoms with E-state index >= 15 is 0 Å². The third-order valence-corrected chi connectivity index (χ3v) is 4.90. The van der Waals surface area contributed by atoms with E-state index in [0.29, 0.717) is 6.54 Å². The number of aryl methyl sites for hydroxylation is 1. The van der Waals surface area contributed by atoms with E-state index in [9.17, 15) is 4.79 Å². The van der Waals surface area contributed by atoms with Gasteiger partial charge in [-0.3, -0.25) is 9.69 Å². The zero-order valence-electron chi connectivity index (χ0n) is 13.2. The van der Waals surface area contributed by atoms with Crippen LogP contribution in [0.25, 0.3) is 0 Å². The van der Waals surface area contributed by atoms with Gasteiger partial charge in [-0.05, 0) is 76.1 Å². The number of halogens is 2. The van der Waals surface area contributed by atoms with Crippen LogP contribution in [-0.4, -0.2) is 44.0 Å². The van der Waals surface area contributed by atoms with Crippen LogP contribution in [0.3, 0.4) is 0 Å². The Morgan fingerprint density at radius 2 is 2.05 bits per heavy atom. The Hall–Kier alpha value is -0.620. The quantitative estimate of drug-likeness (QED) is 0.812. The van der Waals surface area contributed by atoms with E-state index in [0.717, 1.165) is 41.3 Å². The van der Waals surface area contributed by atoms with Crippen molar-refractivity contribution in [3.05, 3.63) is 28.2 Å². The number of anilines is 1. The highest BCUT2D eigenvalue weighted by molar-refractivity contribution is 9.10. The average molecular weight is 391 g/mol. The minimum Gasteiger partial charge on any atom is -0.325 e. The number of nitrogens with zero attached hydrogens (tertiary/aromatic N) is 1. The molecule has 1 aliphatic rings. The minimum atomic E-state index is 0. The van der Waals surface area contributed by atoms with E-state index in [1.54, 1.807) is 0 Å². The molecule has 22 heavy (non-hydrogen) atoms. The van der Waals surface area contributed by atoms with Gasteiger partial charge in [-0.1, -0.05) is 15.9 Å². The van der Waals surface area contributed by atoms with Crippen molar-refractivity contribution >= 4 is 39.9 Å². The van der Waals surface area contributed by atoms with Crippen LogP contribution in [0.2, 0.25) is 0 Å². The largest absolute Gasteiger partial charge is 0.325 e. The molecule has 4 nitrogen and oxygen atoms in total. The number of hydrogen-bond acceptors (Lipinski definition) is 3. The summed E-state index contributed by atoms with van der Waals surface area (Å²) in [5.41, 5.74) is 1.99. The maximum Gasteiger partial charge on any atom is 0.238 e. The van der Waals surface area contributed by atoms with E-state index in [1.807, 2.05) is 32.2 Å². The Balaban J connectivity index is 0.00000242. The number of nitrogens with one attached hydrogen (secondary N) is 2. The molecule has 1 aromatic rings. The van der Waals surface area contributed by atoms with Crippen molar-refractivity contribution in [1.82, 2.24) is 10.2 Å². The first-order chi connectivity index (χ1) is 10.1. The first kappa shape index (κ1) is 19.4. The highest BCUT2D eigenvalue weighted by atomic mass is 79.9. The second-order valence-corrected chi connectivity index (χ2v) is 6.64. The van der Waals surface area contributed by atoms with Gasteiger partial charge in [0.05, 0.1) is 6.54 Å². The second kappa shape index (κ2) is 9.50. The standard InChI is InChI=1S/C16H24BrN3O.ClH/c1-12-9-14(3-4-15(12)17)19-16(21)11-20-7-5-13(6-8-20)10-18-2;/h3-4,9,13,18H,5-8,10-11H2,1-2H3,(H,19,21);1H. The van der Waals surface area contributed by atoms with Crippen LogP contribution >= 0.6 is 28.3 Å². The van der Waals surface area contributed by atoms with Gasteiger partial charge in [0.15, 0.2) is 0 Å².